The summed E-state index contributed by atoms with van der Waals surface area (Å²) in [6.07, 6.45) is 6.17. The highest BCUT2D eigenvalue weighted by atomic mass is 32.2. The Morgan fingerprint density at radius 3 is 2.45 bits per heavy atom. The van der Waals surface area contributed by atoms with E-state index in [4.69, 9.17) is 0 Å². The zero-order valence-corrected chi connectivity index (χ0v) is 20.2. The van der Waals surface area contributed by atoms with Crippen LogP contribution in [-0.2, 0) is 26.2 Å². The van der Waals surface area contributed by atoms with E-state index in [-0.39, 0.29) is 19.1 Å². The first-order chi connectivity index (χ1) is 15.7. The number of hydrogen-bond donors (Lipinski definition) is 2. The van der Waals surface area contributed by atoms with Crippen molar-refractivity contribution in [3.63, 3.8) is 0 Å². The van der Waals surface area contributed by atoms with Crippen LogP contribution in [0.3, 0.4) is 0 Å². The molecule has 0 bridgehead atoms. The van der Waals surface area contributed by atoms with Gasteiger partial charge in [0.25, 0.3) is 0 Å². The van der Waals surface area contributed by atoms with E-state index in [1.54, 1.807) is 28.8 Å². The molecule has 1 aromatic heterocycles. The van der Waals surface area contributed by atoms with Crippen LogP contribution in [0.1, 0.15) is 47.9 Å². The van der Waals surface area contributed by atoms with Crippen LogP contribution < -0.4 is 10.6 Å². The second-order valence-corrected chi connectivity index (χ2v) is 10.4. The molecule has 1 aromatic carbocycles. The third-order valence-corrected chi connectivity index (χ3v) is 8.15. The molecule has 1 fully saturated rings. The fraction of sp³-hybridized carbons (Fsp3) is 0.458. The number of piperidine rings is 1. The summed E-state index contributed by atoms with van der Waals surface area (Å²) in [5.41, 5.74) is 3.32. The van der Waals surface area contributed by atoms with E-state index in [0.717, 1.165) is 41.5 Å². The average Bonchev–Trinajstić information content (AvgIpc) is 2.77. The second kappa shape index (κ2) is 10.9. The zero-order chi connectivity index (χ0) is 24.0. The van der Waals surface area contributed by atoms with E-state index in [1.807, 2.05) is 32.9 Å². The van der Waals surface area contributed by atoms with Gasteiger partial charge in [0.15, 0.2) is 0 Å². The molecule has 1 atom stereocenters. The lowest BCUT2D eigenvalue weighted by Crippen LogP contribution is -2.46. The zero-order valence-electron chi connectivity index (χ0n) is 19.4. The van der Waals surface area contributed by atoms with Gasteiger partial charge in [-0.05, 0) is 62.8 Å². The Labute approximate surface area is 195 Å². The fourth-order valence-corrected chi connectivity index (χ4v) is 6.61. The van der Waals surface area contributed by atoms with Gasteiger partial charge in [-0.3, -0.25) is 14.6 Å². The lowest BCUT2D eigenvalue weighted by molar-refractivity contribution is -0.139. The molecule has 1 saturated heterocycles. The standard InChI is InChI=1S/C24H32N4O4S/c1-17-13-18(2)22(19(3)14-17)33(31,32)28-12-5-4-8-21(28)9-11-26-23(29)24(30)27-16-20-7-6-10-25-15-20/h6-7,10,13-15,21H,4-5,8-9,11-12,16H2,1-3H3,(H,26,29)(H,27,30)/t21-/m1/s1. The SMILES string of the molecule is Cc1cc(C)c(S(=O)(=O)N2CCCC[C@@H]2CCNC(=O)C(=O)NCc2cccnc2)c(C)c1. The van der Waals surface area contributed by atoms with E-state index in [0.29, 0.717) is 17.9 Å². The van der Waals surface area contributed by atoms with E-state index in [1.165, 1.54) is 0 Å². The molecular formula is C24H32N4O4S. The van der Waals surface area contributed by atoms with Crippen molar-refractivity contribution in [2.24, 2.45) is 0 Å². The van der Waals surface area contributed by atoms with E-state index in [2.05, 4.69) is 15.6 Å². The Morgan fingerprint density at radius 1 is 1.09 bits per heavy atom. The number of carbonyl (C=O) groups excluding carboxylic acids is 2. The fourth-order valence-electron chi connectivity index (χ4n) is 4.47. The van der Waals surface area contributed by atoms with Gasteiger partial charge in [0.1, 0.15) is 0 Å². The number of benzene rings is 1. The normalized spacial score (nSPS) is 16.9. The largest absolute Gasteiger partial charge is 0.348 e. The number of amides is 2. The quantitative estimate of drug-likeness (QED) is 0.602. The molecule has 0 spiro atoms. The Morgan fingerprint density at radius 2 is 1.79 bits per heavy atom. The average molecular weight is 473 g/mol. The maximum Gasteiger partial charge on any atom is 0.309 e. The van der Waals surface area contributed by atoms with Gasteiger partial charge in [0.05, 0.1) is 4.90 Å². The highest BCUT2D eigenvalue weighted by Crippen LogP contribution is 2.31. The summed E-state index contributed by atoms with van der Waals surface area (Å²) in [6, 6.07) is 7.13. The maximum absolute atomic E-state index is 13.5. The lowest BCUT2D eigenvalue weighted by Gasteiger charge is -2.35. The minimum atomic E-state index is -3.66. The van der Waals surface area contributed by atoms with Crippen molar-refractivity contribution < 1.29 is 18.0 Å². The van der Waals surface area contributed by atoms with Gasteiger partial charge in [0, 0.05) is 38.1 Å². The molecule has 0 unspecified atom stereocenters. The van der Waals surface area contributed by atoms with Gasteiger partial charge >= 0.3 is 11.8 Å². The number of nitrogens with one attached hydrogen (secondary N) is 2. The number of pyridine rings is 1. The molecular weight excluding hydrogens is 440 g/mol. The van der Waals surface area contributed by atoms with Crippen molar-refractivity contribution in [3.8, 4) is 0 Å². The first-order valence-corrected chi connectivity index (χ1v) is 12.7. The number of nitrogens with zero attached hydrogens (tertiary/aromatic N) is 2. The van der Waals surface area contributed by atoms with E-state index >= 15 is 0 Å². The van der Waals surface area contributed by atoms with Crippen LogP contribution in [0, 0.1) is 20.8 Å². The second-order valence-electron chi connectivity index (χ2n) is 8.58. The minimum absolute atomic E-state index is 0.212. The molecule has 33 heavy (non-hydrogen) atoms. The molecule has 0 aliphatic carbocycles. The summed E-state index contributed by atoms with van der Waals surface area (Å²) in [4.78, 5) is 28.6. The van der Waals surface area contributed by atoms with E-state index < -0.39 is 21.8 Å². The Hall–Kier alpha value is -2.78. The van der Waals surface area contributed by atoms with Gasteiger partial charge < -0.3 is 10.6 Å². The van der Waals surface area contributed by atoms with Crippen molar-refractivity contribution >= 4 is 21.8 Å². The number of hydrogen-bond acceptors (Lipinski definition) is 5. The van der Waals surface area contributed by atoms with Crippen LogP contribution >= 0.6 is 0 Å². The smallest absolute Gasteiger partial charge is 0.309 e. The lowest BCUT2D eigenvalue weighted by atomic mass is 10.0. The molecule has 2 N–H and O–H groups in total. The summed E-state index contributed by atoms with van der Waals surface area (Å²) >= 11 is 0. The van der Waals surface area contributed by atoms with Gasteiger partial charge in [0.2, 0.25) is 10.0 Å². The first-order valence-electron chi connectivity index (χ1n) is 11.2. The molecule has 2 amide bonds. The summed E-state index contributed by atoms with van der Waals surface area (Å²) in [7, 11) is -3.66. The van der Waals surface area contributed by atoms with Crippen molar-refractivity contribution in [1.29, 1.82) is 0 Å². The van der Waals surface area contributed by atoms with Crippen molar-refractivity contribution in [3.05, 3.63) is 58.9 Å². The van der Waals surface area contributed by atoms with Gasteiger partial charge in [-0.1, -0.05) is 30.2 Å². The van der Waals surface area contributed by atoms with Crippen LogP contribution in [0.25, 0.3) is 0 Å². The number of carbonyl (C=O) groups is 2. The third-order valence-electron chi connectivity index (χ3n) is 5.89. The molecule has 0 radical (unpaired) electrons. The number of aryl methyl sites for hydroxylation is 3. The number of sulfonamides is 1. The highest BCUT2D eigenvalue weighted by Gasteiger charge is 2.35. The monoisotopic (exact) mass is 472 g/mol. The molecule has 3 rings (SSSR count). The number of rotatable bonds is 7. The molecule has 8 nitrogen and oxygen atoms in total. The summed E-state index contributed by atoms with van der Waals surface area (Å²) in [6.45, 7) is 6.51. The Balaban J connectivity index is 1.59. The van der Waals surface area contributed by atoms with Crippen molar-refractivity contribution in [2.75, 3.05) is 13.1 Å². The predicted octanol–water partition coefficient (Wildman–Crippen LogP) is 2.37. The van der Waals surface area contributed by atoms with Gasteiger partial charge in [-0.15, -0.1) is 0 Å². The summed E-state index contributed by atoms with van der Waals surface area (Å²) in [5, 5.41) is 5.18. The predicted molar refractivity (Wildman–Crippen MR) is 126 cm³/mol. The summed E-state index contributed by atoms with van der Waals surface area (Å²) < 4.78 is 28.7. The van der Waals surface area contributed by atoms with E-state index in [9.17, 15) is 18.0 Å². The Kier molecular flexibility index (Phi) is 8.20. The van der Waals surface area contributed by atoms with Crippen LogP contribution in [0.4, 0.5) is 0 Å². The maximum atomic E-state index is 13.5. The molecule has 2 aromatic rings. The van der Waals surface area contributed by atoms with Crippen LogP contribution in [0.5, 0.6) is 0 Å². The van der Waals surface area contributed by atoms with Crippen molar-refractivity contribution in [2.45, 2.75) is 63.9 Å². The number of aromatic nitrogens is 1. The van der Waals surface area contributed by atoms with Crippen molar-refractivity contribution in [1.82, 2.24) is 19.9 Å². The third kappa shape index (κ3) is 6.17. The molecule has 1 aliphatic heterocycles. The highest BCUT2D eigenvalue weighted by molar-refractivity contribution is 7.89. The Bertz CT molecular complexity index is 1080. The van der Waals surface area contributed by atoms with Gasteiger partial charge in [-0.2, -0.15) is 4.31 Å². The molecule has 178 valence electrons. The minimum Gasteiger partial charge on any atom is -0.348 e. The first kappa shape index (κ1) is 24.9. The van der Waals surface area contributed by atoms with Crippen LogP contribution in [0.2, 0.25) is 0 Å². The molecule has 1 aliphatic rings. The summed E-state index contributed by atoms with van der Waals surface area (Å²) in [5.74, 6) is -1.45. The van der Waals surface area contributed by atoms with Crippen LogP contribution in [-0.4, -0.2) is 48.7 Å². The molecule has 2 heterocycles. The van der Waals surface area contributed by atoms with Gasteiger partial charge in [-0.25, -0.2) is 8.42 Å². The molecule has 9 heteroatoms. The topological polar surface area (TPSA) is 108 Å². The van der Waals surface area contributed by atoms with Crippen LogP contribution in [0.15, 0.2) is 41.6 Å². The molecule has 0 saturated carbocycles.